The molecule has 0 radical (unpaired) electrons. The minimum Gasteiger partial charge on any atom is -0.497 e. The zero-order valence-corrected chi connectivity index (χ0v) is 16.4. The van der Waals surface area contributed by atoms with Crippen LogP contribution in [0.2, 0.25) is 0 Å². The van der Waals surface area contributed by atoms with E-state index >= 15 is 0 Å². The summed E-state index contributed by atoms with van der Waals surface area (Å²) < 4.78 is 12.5. The highest BCUT2D eigenvalue weighted by molar-refractivity contribution is 6.03. The first-order valence-electron chi connectivity index (χ1n) is 9.20. The van der Waals surface area contributed by atoms with Crippen molar-refractivity contribution in [1.82, 2.24) is 20.0 Å². The van der Waals surface area contributed by atoms with Gasteiger partial charge in [0.05, 0.1) is 18.5 Å². The summed E-state index contributed by atoms with van der Waals surface area (Å²) in [5, 5.41) is 11.0. The highest BCUT2D eigenvalue weighted by Gasteiger charge is 2.17. The minimum absolute atomic E-state index is 0.253. The van der Waals surface area contributed by atoms with Gasteiger partial charge in [-0.1, -0.05) is 5.21 Å². The van der Waals surface area contributed by atoms with E-state index in [0.29, 0.717) is 22.9 Å². The molecule has 0 fully saturated rings. The highest BCUT2D eigenvalue weighted by atomic mass is 16.5. The number of carbonyl (C=O) groups excluding carboxylic acids is 1. The average molecular weight is 401 g/mol. The van der Waals surface area contributed by atoms with Gasteiger partial charge in [0.1, 0.15) is 17.2 Å². The Hall–Kier alpha value is -4.20. The summed E-state index contributed by atoms with van der Waals surface area (Å²) in [5.41, 5.74) is 2.30. The molecule has 30 heavy (non-hydrogen) atoms. The fraction of sp³-hybridized carbons (Fsp3) is 0.0909. The van der Waals surface area contributed by atoms with Crippen LogP contribution in [0.4, 0.5) is 5.69 Å². The van der Waals surface area contributed by atoms with Crippen molar-refractivity contribution in [2.45, 2.75) is 6.92 Å². The molecule has 2 aromatic heterocycles. The van der Waals surface area contributed by atoms with Crippen LogP contribution < -0.4 is 14.8 Å². The maximum Gasteiger partial charge on any atom is 0.278 e. The highest BCUT2D eigenvalue weighted by Crippen LogP contribution is 2.23. The van der Waals surface area contributed by atoms with Crippen molar-refractivity contribution in [3.63, 3.8) is 0 Å². The fourth-order valence-corrected chi connectivity index (χ4v) is 2.85. The van der Waals surface area contributed by atoms with Gasteiger partial charge in [0.2, 0.25) is 0 Å². The number of hydrogen-bond acceptors (Lipinski definition) is 6. The molecule has 2 heterocycles. The lowest BCUT2D eigenvalue weighted by Crippen LogP contribution is -2.14. The van der Waals surface area contributed by atoms with Crippen molar-refractivity contribution in [3.05, 3.63) is 84.4 Å². The van der Waals surface area contributed by atoms with Gasteiger partial charge in [-0.15, -0.1) is 5.10 Å². The van der Waals surface area contributed by atoms with E-state index in [4.69, 9.17) is 9.47 Å². The predicted molar refractivity (Wildman–Crippen MR) is 111 cm³/mol. The molecule has 150 valence electrons. The van der Waals surface area contributed by atoms with Crippen LogP contribution >= 0.6 is 0 Å². The summed E-state index contributed by atoms with van der Waals surface area (Å²) in [6, 6.07) is 18.0. The number of anilines is 1. The van der Waals surface area contributed by atoms with E-state index in [1.807, 2.05) is 24.3 Å². The second-order valence-corrected chi connectivity index (χ2v) is 6.40. The van der Waals surface area contributed by atoms with Crippen LogP contribution in [0, 0.1) is 6.92 Å². The zero-order chi connectivity index (χ0) is 20.9. The van der Waals surface area contributed by atoms with Gasteiger partial charge in [-0.3, -0.25) is 9.78 Å². The Bertz CT molecular complexity index is 1140. The maximum atomic E-state index is 12.7. The molecule has 2 aromatic carbocycles. The Balaban J connectivity index is 1.45. The summed E-state index contributed by atoms with van der Waals surface area (Å²) in [4.78, 5) is 16.6. The number of pyridine rings is 1. The normalized spacial score (nSPS) is 10.5. The number of nitrogens with zero attached hydrogens (tertiary/aromatic N) is 4. The van der Waals surface area contributed by atoms with Crippen molar-refractivity contribution in [3.8, 4) is 22.9 Å². The molecule has 0 unspecified atom stereocenters. The van der Waals surface area contributed by atoms with E-state index in [1.54, 1.807) is 67.5 Å². The van der Waals surface area contributed by atoms with Gasteiger partial charge in [-0.2, -0.15) is 0 Å². The van der Waals surface area contributed by atoms with E-state index in [2.05, 4.69) is 20.6 Å². The summed E-state index contributed by atoms with van der Waals surface area (Å²) in [7, 11) is 1.61. The molecule has 4 aromatic rings. The van der Waals surface area contributed by atoms with E-state index in [9.17, 15) is 4.79 Å². The SMILES string of the molecule is COc1ccc(-n2nnc(C(=O)Nc3ccc(Oc4ccncc4)cc3)c2C)cc1. The third-order valence-electron chi connectivity index (χ3n) is 4.42. The second kappa shape index (κ2) is 8.44. The predicted octanol–water partition coefficient (Wildman–Crippen LogP) is 4.02. The van der Waals surface area contributed by atoms with Gasteiger partial charge in [0, 0.05) is 18.1 Å². The standard InChI is InChI=1S/C22H19N5O3/c1-15-21(25-26-27(15)17-5-9-18(29-2)10-6-17)22(28)24-16-3-7-19(8-4-16)30-20-11-13-23-14-12-20/h3-14H,1-2H3,(H,24,28). The molecule has 8 nitrogen and oxygen atoms in total. The Kier molecular flexibility index (Phi) is 5.38. The first-order chi connectivity index (χ1) is 14.6. The molecular weight excluding hydrogens is 382 g/mol. The quantitative estimate of drug-likeness (QED) is 0.525. The first kappa shape index (κ1) is 19.1. The van der Waals surface area contributed by atoms with Crippen molar-refractivity contribution in [2.75, 3.05) is 12.4 Å². The Morgan fingerprint density at radius 2 is 1.53 bits per heavy atom. The largest absolute Gasteiger partial charge is 0.497 e. The molecule has 1 amide bonds. The molecule has 0 saturated heterocycles. The number of aromatic nitrogens is 4. The van der Waals surface area contributed by atoms with Crippen molar-refractivity contribution in [1.29, 1.82) is 0 Å². The van der Waals surface area contributed by atoms with Gasteiger partial charge < -0.3 is 14.8 Å². The maximum absolute atomic E-state index is 12.7. The summed E-state index contributed by atoms with van der Waals surface area (Å²) in [5.74, 6) is 1.74. The smallest absolute Gasteiger partial charge is 0.278 e. The number of ether oxygens (including phenoxy) is 2. The number of methoxy groups -OCH3 is 1. The monoisotopic (exact) mass is 401 g/mol. The van der Waals surface area contributed by atoms with Crippen molar-refractivity contribution >= 4 is 11.6 Å². The van der Waals surface area contributed by atoms with E-state index < -0.39 is 0 Å². The molecule has 0 atom stereocenters. The Labute approximate surface area is 173 Å². The zero-order valence-electron chi connectivity index (χ0n) is 16.4. The lowest BCUT2D eigenvalue weighted by Gasteiger charge is -2.08. The van der Waals surface area contributed by atoms with Gasteiger partial charge in [-0.05, 0) is 67.6 Å². The van der Waals surface area contributed by atoms with E-state index in [1.165, 1.54) is 0 Å². The van der Waals surface area contributed by atoms with Crippen LogP contribution in [0.5, 0.6) is 17.2 Å². The Morgan fingerprint density at radius 3 is 2.20 bits per heavy atom. The number of nitrogens with one attached hydrogen (secondary N) is 1. The Morgan fingerprint density at radius 1 is 0.900 bits per heavy atom. The van der Waals surface area contributed by atoms with Gasteiger partial charge in [0.15, 0.2) is 5.69 Å². The van der Waals surface area contributed by atoms with Crippen molar-refractivity contribution in [2.24, 2.45) is 0 Å². The summed E-state index contributed by atoms with van der Waals surface area (Å²) in [6.45, 7) is 1.80. The number of amides is 1. The van der Waals surface area contributed by atoms with Crippen LogP contribution in [-0.4, -0.2) is 33.0 Å². The van der Waals surface area contributed by atoms with E-state index in [-0.39, 0.29) is 11.6 Å². The fourth-order valence-electron chi connectivity index (χ4n) is 2.85. The number of hydrogen-bond donors (Lipinski definition) is 1. The number of rotatable bonds is 6. The van der Waals surface area contributed by atoms with Crippen LogP contribution in [0.3, 0.4) is 0 Å². The lowest BCUT2D eigenvalue weighted by atomic mass is 10.2. The van der Waals surface area contributed by atoms with Gasteiger partial charge >= 0.3 is 0 Å². The summed E-state index contributed by atoms with van der Waals surface area (Å²) in [6.07, 6.45) is 3.32. The molecule has 0 aliphatic heterocycles. The third kappa shape index (κ3) is 4.12. The molecule has 1 N–H and O–H groups in total. The van der Waals surface area contributed by atoms with Gasteiger partial charge in [0.25, 0.3) is 5.91 Å². The number of carbonyl (C=O) groups is 1. The number of benzene rings is 2. The van der Waals surface area contributed by atoms with Crippen LogP contribution in [0.1, 0.15) is 16.2 Å². The molecule has 0 saturated carbocycles. The molecule has 8 heteroatoms. The molecule has 0 bridgehead atoms. The van der Waals surface area contributed by atoms with Gasteiger partial charge in [-0.25, -0.2) is 4.68 Å². The molecule has 4 rings (SSSR count). The van der Waals surface area contributed by atoms with Crippen molar-refractivity contribution < 1.29 is 14.3 Å². The molecule has 0 aliphatic rings. The summed E-state index contributed by atoms with van der Waals surface area (Å²) >= 11 is 0. The average Bonchev–Trinajstić information content (AvgIpc) is 3.17. The molecule has 0 spiro atoms. The van der Waals surface area contributed by atoms with Crippen LogP contribution in [0.25, 0.3) is 5.69 Å². The minimum atomic E-state index is -0.338. The second-order valence-electron chi connectivity index (χ2n) is 6.40. The van der Waals surface area contributed by atoms with Crippen LogP contribution in [-0.2, 0) is 0 Å². The molecule has 0 aliphatic carbocycles. The lowest BCUT2D eigenvalue weighted by molar-refractivity contribution is 0.102. The molecular formula is C22H19N5O3. The third-order valence-corrected chi connectivity index (χ3v) is 4.42. The van der Waals surface area contributed by atoms with E-state index in [0.717, 1.165) is 11.4 Å². The first-order valence-corrected chi connectivity index (χ1v) is 9.20. The topological polar surface area (TPSA) is 91.2 Å². The van der Waals surface area contributed by atoms with Crippen LogP contribution in [0.15, 0.2) is 73.1 Å².